The minimum atomic E-state index is -3.89. The maximum Gasteiger partial charge on any atom is 0.250 e. The third-order valence-electron chi connectivity index (χ3n) is 5.22. The summed E-state index contributed by atoms with van der Waals surface area (Å²) in [6.07, 6.45) is 1.82. The number of rotatable bonds is 6. The smallest absolute Gasteiger partial charge is 0.250 e. The van der Waals surface area contributed by atoms with Crippen LogP contribution in [0.3, 0.4) is 0 Å². The number of nitrogens with zero attached hydrogens (tertiary/aromatic N) is 3. The van der Waals surface area contributed by atoms with Crippen LogP contribution < -0.4 is 4.72 Å². The first kappa shape index (κ1) is 22.6. The van der Waals surface area contributed by atoms with Crippen molar-refractivity contribution in [1.82, 2.24) is 19.5 Å². The van der Waals surface area contributed by atoms with E-state index in [1.807, 2.05) is 0 Å². The SMILES string of the molecule is C[C@@H](C(=O)N1CCOCC1)N1CC[C@H](NS(=O)(=O)c2ccc(-c3ncc(Cl)s3)s2)C1=O. The summed E-state index contributed by atoms with van der Waals surface area (Å²) in [6, 6.07) is 1.60. The van der Waals surface area contributed by atoms with Crippen molar-refractivity contribution in [2.75, 3.05) is 32.8 Å². The first-order valence-corrected chi connectivity index (χ1v) is 13.2. The lowest BCUT2D eigenvalue weighted by Gasteiger charge is -2.32. The fraction of sp³-hybridized carbons (Fsp3) is 0.500. The van der Waals surface area contributed by atoms with Crippen LogP contribution in [0.15, 0.2) is 22.5 Å². The summed E-state index contributed by atoms with van der Waals surface area (Å²) in [5, 5.41) is 0.634. The summed E-state index contributed by atoms with van der Waals surface area (Å²) in [6.45, 7) is 3.93. The highest BCUT2D eigenvalue weighted by molar-refractivity contribution is 7.91. The molecule has 13 heteroatoms. The summed E-state index contributed by atoms with van der Waals surface area (Å²) < 4.78 is 34.0. The van der Waals surface area contributed by atoms with E-state index >= 15 is 0 Å². The highest BCUT2D eigenvalue weighted by Crippen LogP contribution is 2.35. The van der Waals surface area contributed by atoms with Crippen molar-refractivity contribution in [3.05, 3.63) is 22.7 Å². The molecule has 2 aromatic rings. The molecule has 4 rings (SSSR count). The third-order valence-corrected chi connectivity index (χ3v) is 9.55. The predicted molar refractivity (Wildman–Crippen MR) is 118 cm³/mol. The Bertz CT molecular complexity index is 1080. The molecule has 2 saturated heterocycles. The number of carbonyl (C=O) groups excluding carboxylic acids is 2. The first-order valence-electron chi connectivity index (χ1n) is 9.67. The maximum absolute atomic E-state index is 12.9. The number of sulfonamides is 1. The van der Waals surface area contributed by atoms with Gasteiger partial charge >= 0.3 is 0 Å². The number of morpholine rings is 1. The van der Waals surface area contributed by atoms with Gasteiger partial charge in [-0.15, -0.1) is 22.7 Å². The van der Waals surface area contributed by atoms with Crippen LogP contribution in [0.1, 0.15) is 13.3 Å². The molecule has 2 aliphatic rings. The van der Waals surface area contributed by atoms with Crippen molar-refractivity contribution in [3.63, 3.8) is 0 Å². The monoisotopic (exact) mass is 504 g/mol. The molecule has 0 unspecified atom stereocenters. The quantitative estimate of drug-likeness (QED) is 0.640. The van der Waals surface area contributed by atoms with Crippen molar-refractivity contribution in [3.8, 4) is 9.88 Å². The molecule has 4 heterocycles. The number of aromatic nitrogens is 1. The van der Waals surface area contributed by atoms with E-state index < -0.39 is 22.1 Å². The van der Waals surface area contributed by atoms with E-state index in [9.17, 15) is 18.0 Å². The van der Waals surface area contributed by atoms with Crippen LogP contribution in [0.25, 0.3) is 9.88 Å². The van der Waals surface area contributed by atoms with Crippen LogP contribution >= 0.6 is 34.3 Å². The van der Waals surface area contributed by atoms with Crippen molar-refractivity contribution < 1.29 is 22.7 Å². The van der Waals surface area contributed by atoms with Crippen molar-refractivity contribution in [2.45, 2.75) is 29.6 Å². The Morgan fingerprint density at radius 3 is 2.71 bits per heavy atom. The minimum Gasteiger partial charge on any atom is -0.378 e. The summed E-state index contributed by atoms with van der Waals surface area (Å²) in [7, 11) is -3.89. The zero-order chi connectivity index (χ0) is 22.2. The minimum absolute atomic E-state index is 0.0949. The number of hydrogen-bond donors (Lipinski definition) is 1. The largest absolute Gasteiger partial charge is 0.378 e. The first-order chi connectivity index (χ1) is 14.8. The van der Waals surface area contributed by atoms with Gasteiger partial charge < -0.3 is 14.5 Å². The van der Waals surface area contributed by atoms with Gasteiger partial charge in [0.2, 0.25) is 11.8 Å². The molecule has 0 bridgehead atoms. The molecular formula is C18H21ClN4O5S3. The molecule has 2 aromatic heterocycles. The van der Waals surface area contributed by atoms with Gasteiger partial charge in [0.25, 0.3) is 10.0 Å². The Morgan fingerprint density at radius 1 is 1.29 bits per heavy atom. The lowest BCUT2D eigenvalue weighted by molar-refractivity contribution is -0.146. The Hall–Kier alpha value is -1.57. The molecule has 0 aromatic carbocycles. The molecule has 9 nitrogen and oxygen atoms in total. The number of thiophene rings is 1. The van der Waals surface area contributed by atoms with Gasteiger partial charge in [-0.3, -0.25) is 9.59 Å². The number of nitrogens with one attached hydrogen (secondary N) is 1. The van der Waals surface area contributed by atoms with E-state index in [2.05, 4.69) is 9.71 Å². The Kier molecular flexibility index (Phi) is 6.65. The Labute approximate surface area is 193 Å². The van der Waals surface area contributed by atoms with Gasteiger partial charge in [-0.1, -0.05) is 11.6 Å². The zero-order valence-electron chi connectivity index (χ0n) is 16.6. The molecule has 2 aliphatic heterocycles. The fourth-order valence-corrected chi connectivity index (χ4v) is 7.09. The molecule has 2 amide bonds. The molecular weight excluding hydrogens is 484 g/mol. The highest BCUT2D eigenvalue weighted by Gasteiger charge is 2.40. The molecule has 2 fully saturated rings. The lowest BCUT2D eigenvalue weighted by atomic mass is 10.2. The summed E-state index contributed by atoms with van der Waals surface area (Å²) in [5.74, 6) is -0.536. The van der Waals surface area contributed by atoms with Gasteiger partial charge in [0.05, 0.1) is 24.3 Å². The molecule has 31 heavy (non-hydrogen) atoms. The van der Waals surface area contributed by atoms with Gasteiger partial charge in [-0.2, -0.15) is 4.72 Å². The normalized spacial score (nSPS) is 21.0. The topological polar surface area (TPSA) is 109 Å². The average Bonchev–Trinajstić information content (AvgIpc) is 3.49. The van der Waals surface area contributed by atoms with Crippen LogP contribution in [0, 0.1) is 0 Å². The lowest BCUT2D eigenvalue weighted by Crippen LogP contribution is -2.52. The number of ether oxygens (including phenoxy) is 1. The number of hydrogen-bond acceptors (Lipinski definition) is 8. The average molecular weight is 505 g/mol. The molecule has 2 atom stereocenters. The standard InChI is InChI=1S/C18H21ClN4O5S3/c1-11(17(24)22-6-8-28-9-7-22)23-5-4-12(18(23)25)21-31(26,27)15-3-2-13(29-15)16-20-10-14(19)30-16/h2-3,10-12,21H,4-9H2,1H3/t11-,12-/m0/s1. The summed E-state index contributed by atoms with van der Waals surface area (Å²) in [4.78, 5) is 33.5. The third kappa shape index (κ3) is 4.78. The number of amides is 2. The van der Waals surface area contributed by atoms with Gasteiger partial charge in [-0.05, 0) is 25.5 Å². The van der Waals surface area contributed by atoms with E-state index in [-0.39, 0.29) is 16.0 Å². The van der Waals surface area contributed by atoms with E-state index in [0.717, 1.165) is 11.3 Å². The van der Waals surface area contributed by atoms with Crippen LogP contribution in [0.4, 0.5) is 0 Å². The second-order valence-corrected chi connectivity index (χ2v) is 11.9. The molecule has 0 aliphatic carbocycles. The van der Waals surface area contributed by atoms with Crippen molar-refractivity contribution in [2.24, 2.45) is 0 Å². The molecule has 0 radical (unpaired) electrons. The highest BCUT2D eigenvalue weighted by atomic mass is 35.5. The van der Waals surface area contributed by atoms with Gasteiger partial charge in [0.1, 0.15) is 25.6 Å². The van der Waals surface area contributed by atoms with E-state index in [1.54, 1.807) is 17.9 Å². The predicted octanol–water partition coefficient (Wildman–Crippen LogP) is 1.65. The van der Waals surface area contributed by atoms with Crippen LogP contribution in [-0.2, 0) is 24.3 Å². The maximum atomic E-state index is 12.9. The van der Waals surface area contributed by atoms with Crippen LogP contribution in [-0.4, -0.2) is 79.9 Å². The molecule has 168 valence electrons. The van der Waals surface area contributed by atoms with E-state index in [4.69, 9.17) is 16.3 Å². The second kappa shape index (κ2) is 9.12. The van der Waals surface area contributed by atoms with Gasteiger partial charge in [0, 0.05) is 19.6 Å². The fourth-order valence-electron chi connectivity index (χ4n) is 3.57. The number of carbonyl (C=O) groups is 2. The summed E-state index contributed by atoms with van der Waals surface area (Å²) in [5.41, 5.74) is 0. The Balaban J connectivity index is 1.42. The van der Waals surface area contributed by atoms with Crippen LogP contribution in [0.5, 0.6) is 0 Å². The number of likely N-dealkylation sites (tertiary alicyclic amines) is 1. The number of thiazole rings is 1. The second-order valence-electron chi connectivity index (χ2n) is 7.20. The Morgan fingerprint density at radius 2 is 2.03 bits per heavy atom. The van der Waals surface area contributed by atoms with Gasteiger partial charge in [-0.25, -0.2) is 13.4 Å². The van der Waals surface area contributed by atoms with Crippen LogP contribution in [0.2, 0.25) is 4.34 Å². The number of halogens is 1. The summed E-state index contributed by atoms with van der Waals surface area (Å²) >= 11 is 8.23. The van der Waals surface area contributed by atoms with Gasteiger partial charge in [0.15, 0.2) is 0 Å². The van der Waals surface area contributed by atoms with E-state index in [1.165, 1.54) is 28.5 Å². The van der Waals surface area contributed by atoms with Crippen molar-refractivity contribution >= 4 is 56.1 Å². The molecule has 0 spiro atoms. The van der Waals surface area contributed by atoms with E-state index in [0.29, 0.717) is 53.5 Å². The molecule has 0 saturated carbocycles. The van der Waals surface area contributed by atoms with Crippen molar-refractivity contribution in [1.29, 1.82) is 0 Å². The zero-order valence-corrected chi connectivity index (χ0v) is 19.8. The molecule has 1 N–H and O–H groups in total.